The molecule has 2 amide bonds. The van der Waals surface area contributed by atoms with E-state index in [1.54, 1.807) is 0 Å². The van der Waals surface area contributed by atoms with Crippen molar-refractivity contribution in [3.8, 4) is 0 Å². The van der Waals surface area contributed by atoms with Gasteiger partial charge in [0.1, 0.15) is 5.56 Å². The zero-order valence-electron chi connectivity index (χ0n) is 10.8. The third kappa shape index (κ3) is 4.30. The van der Waals surface area contributed by atoms with Crippen molar-refractivity contribution in [2.45, 2.75) is 24.6 Å². The van der Waals surface area contributed by atoms with E-state index >= 15 is 0 Å². The SMILES string of the molecule is CCCC(Br)C(=O)NNC(=O)c1ccccc1[N+](=O)[O-]. The maximum absolute atomic E-state index is 11.8. The van der Waals surface area contributed by atoms with Gasteiger partial charge in [-0.3, -0.25) is 30.6 Å². The highest BCUT2D eigenvalue weighted by Gasteiger charge is 2.20. The van der Waals surface area contributed by atoms with Gasteiger partial charge in [0, 0.05) is 6.07 Å². The Labute approximate surface area is 124 Å². The summed E-state index contributed by atoms with van der Waals surface area (Å²) in [5, 5.41) is 10.8. The van der Waals surface area contributed by atoms with E-state index in [0.29, 0.717) is 6.42 Å². The van der Waals surface area contributed by atoms with Crippen LogP contribution in [0, 0.1) is 10.1 Å². The molecule has 0 saturated heterocycles. The summed E-state index contributed by atoms with van der Waals surface area (Å²) in [4.78, 5) is 33.1. The minimum atomic E-state index is -0.734. The van der Waals surface area contributed by atoms with Crippen LogP contribution in [0.5, 0.6) is 0 Å². The van der Waals surface area contributed by atoms with Crippen molar-refractivity contribution in [3.05, 3.63) is 39.9 Å². The molecule has 0 bridgehead atoms. The van der Waals surface area contributed by atoms with Crippen molar-refractivity contribution >= 4 is 33.4 Å². The van der Waals surface area contributed by atoms with E-state index in [0.717, 1.165) is 6.42 Å². The summed E-state index contributed by atoms with van der Waals surface area (Å²) in [6, 6.07) is 5.51. The Morgan fingerprint density at radius 2 is 2.00 bits per heavy atom. The number of halogens is 1. The van der Waals surface area contributed by atoms with E-state index in [4.69, 9.17) is 0 Å². The number of hydrazine groups is 1. The summed E-state index contributed by atoms with van der Waals surface area (Å²) in [6.07, 6.45) is 1.43. The molecule has 1 unspecified atom stereocenters. The number of amides is 2. The lowest BCUT2D eigenvalue weighted by atomic mass is 10.2. The molecule has 1 atom stereocenters. The van der Waals surface area contributed by atoms with Crippen molar-refractivity contribution in [1.82, 2.24) is 10.9 Å². The molecule has 0 aromatic heterocycles. The molecule has 7 nitrogen and oxygen atoms in total. The maximum Gasteiger partial charge on any atom is 0.282 e. The summed E-state index contributed by atoms with van der Waals surface area (Å²) in [5.41, 5.74) is 3.96. The van der Waals surface area contributed by atoms with Gasteiger partial charge in [-0.15, -0.1) is 0 Å². The second-order valence-corrected chi connectivity index (χ2v) is 5.08. The minimum absolute atomic E-state index is 0.112. The number of carbonyl (C=O) groups is 2. The number of alkyl halides is 1. The summed E-state index contributed by atoms with van der Waals surface area (Å²) in [7, 11) is 0. The zero-order valence-corrected chi connectivity index (χ0v) is 12.3. The van der Waals surface area contributed by atoms with E-state index in [-0.39, 0.29) is 11.3 Å². The van der Waals surface area contributed by atoms with E-state index in [1.807, 2.05) is 6.92 Å². The van der Waals surface area contributed by atoms with Crippen LogP contribution in [-0.4, -0.2) is 21.6 Å². The van der Waals surface area contributed by atoms with Crippen LogP contribution in [0.15, 0.2) is 24.3 Å². The zero-order chi connectivity index (χ0) is 15.1. The highest BCUT2D eigenvalue weighted by molar-refractivity contribution is 9.10. The first-order chi connectivity index (χ1) is 9.47. The Balaban J connectivity index is 2.69. The lowest BCUT2D eigenvalue weighted by molar-refractivity contribution is -0.385. The number of carbonyl (C=O) groups excluding carboxylic acids is 2. The van der Waals surface area contributed by atoms with Gasteiger partial charge in [0.2, 0.25) is 0 Å². The number of benzene rings is 1. The molecule has 0 aliphatic rings. The maximum atomic E-state index is 11.8. The minimum Gasteiger partial charge on any atom is -0.272 e. The second kappa shape index (κ2) is 7.59. The number of nitro benzene ring substituents is 1. The molecular weight excluding hydrogens is 330 g/mol. The molecule has 108 valence electrons. The largest absolute Gasteiger partial charge is 0.282 e. The van der Waals surface area contributed by atoms with Crippen LogP contribution in [0.2, 0.25) is 0 Å². The number of nitrogens with zero attached hydrogens (tertiary/aromatic N) is 1. The number of nitrogens with one attached hydrogen (secondary N) is 2. The quantitative estimate of drug-likeness (QED) is 0.484. The van der Waals surface area contributed by atoms with Crippen molar-refractivity contribution in [3.63, 3.8) is 0 Å². The van der Waals surface area contributed by atoms with Crippen molar-refractivity contribution < 1.29 is 14.5 Å². The van der Waals surface area contributed by atoms with E-state index in [1.165, 1.54) is 24.3 Å². The average Bonchev–Trinajstić information content (AvgIpc) is 2.44. The fraction of sp³-hybridized carbons (Fsp3) is 0.333. The van der Waals surface area contributed by atoms with Gasteiger partial charge in [-0.05, 0) is 12.5 Å². The van der Waals surface area contributed by atoms with E-state index in [2.05, 4.69) is 26.8 Å². The highest BCUT2D eigenvalue weighted by atomic mass is 79.9. The lowest BCUT2D eigenvalue weighted by Gasteiger charge is -2.10. The fourth-order valence-electron chi connectivity index (χ4n) is 1.47. The number of hydrogen-bond acceptors (Lipinski definition) is 4. The van der Waals surface area contributed by atoms with Crippen LogP contribution >= 0.6 is 15.9 Å². The summed E-state index contributed by atoms with van der Waals surface area (Å²) in [6.45, 7) is 1.92. The molecule has 0 saturated carbocycles. The Hall–Kier alpha value is -1.96. The standard InChI is InChI=1S/C12H14BrN3O4/c1-2-5-9(13)12(18)15-14-11(17)8-6-3-4-7-10(8)16(19)20/h3-4,6-7,9H,2,5H2,1H3,(H,14,17)(H,15,18). The summed E-state index contributed by atoms with van der Waals surface area (Å²) >= 11 is 3.18. The van der Waals surface area contributed by atoms with Gasteiger partial charge in [0.25, 0.3) is 17.5 Å². The third-order valence-corrected chi connectivity index (χ3v) is 3.34. The molecule has 1 rings (SSSR count). The number of para-hydroxylation sites is 1. The lowest BCUT2D eigenvalue weighted by Crippen LogP contribution is -2.45. The first-order valence-electron chi connectivity index (χ1n) is 5.95. The molecular formula is C12H14BrN3O4. The number of hydrogen-bond donors (Lipinski definition) is 2. The van der Waals surface area contributed by atoms with Gasteiger partial charge in [0.15, 0.2) is 0 Å². The van der Waals surface area contributed by atoms with Crippen LogP contribution in [0.3, 0.4) is 0 Å². The van der Waals surface area contributed by atoms with Crippen molar-refractivity contribution in [2.24, 2.45) is 0 Å². The van der Waals surface area contributed by atoms with Crippen LogP contribution in [0.4, 0.5) is 5.69 Å². The van der Waals surface area contributed by atoms with Gasteiger partial charge in [-0.25, -0.2) is 0 Å². The Bertz CT molecular complexity index is 521. The predicted octanol–water partition coefficient (Wildman–Crippen LogP) is 1.92. The van der Waals surface area contributed by atoms with Crippen molar-refractivity contribution in [1.29, 1.82) is 0 Å². The van der Waals surface area contributed by atoms with Crippen molar-refractivity contribution in [2.75, 3.05) is 0 Å². The fourth-order valence-corrected chi connectivity index (χ4v) is 2.05. The van der Waals surface area contributed by atoms with Crippen LogP contribution in [-0.2, 0) is 4.79 Å². The summed E-state index contributed by atoms with van der Waals surface area (Å²) in [5.74, 6) is -1.14. The van der Waals surface area contributed by atoms with Crippen LogP contribution < -0.4 is 10.9 Å². The van der Waals surface area contributed by atoms with Gasteiger partial charge in [0.05, 0.1) is 9.75 Å². The Morgan fingerprint density at radius 3 is 2.60 bits per heavy atom. The molecule has 20 heavy (non-hydrogen) atoms. The molecule has 0 spiro atoms. The second-order valence-electron chi connectivity index (χ2n) is 3.97. The van der Waals surface area contributed by atoms with Crippen LogP contribution in [0.25, 0.3) is 0 Å². The van der Waals surface area contributed by atoms with Gasteiger partial charge < -0.3 is 0 Å². The molecule has 1 aromatic carbocycles. The van der Waals surface area contributed by atoms with Gasteiger partial charge >= 0.3 is 0 Å². The Morgan fingerprint density at radius 1 is 1.35 bits per heavy atom. The van der Waals surface area contributed by atoms with E-state index < -0.39 is 21.6 Å². The first-order valence-corrected chi connectivity index (χ1v) is 6.86. The smallest absolute Gasteiger partial charge is 0.272 e. The molecule has 1 aromatic rings. The van der Waals surface area contributed by atoms with Crippen LogP contribution in [0.1, 0.15) is 30.1 Å². The predicted molar refractivity (Wildman–Crippen MR) is 76.3 cm³/mol. The first kappa shape index (κ1) is 16.1. The molecule has 0 fully saturated rings. The monoisotopic (exact) mass is 343 g/mol. The number of nitro groups is 1. The van der Waals surface area contributed by atoms with E-state index in [9.17, 15) is 19.7 Å². The third-order valence-electron chi connectivity index (χ3n) is 2.47. The molecule has 2 N–H and O–H groups in total. The highest BCUT2D eigenvalue weighted by Crippen LogP contribution is 2.17. The topological polar surface area (TPSA) is 101 Å². The normalized spacial score (nSPS) is 11.5. The average molecular weight is 344 g/mol. The molecule has 0 aliphatic carbocycles. The number of rotatable bonds is 5. The molecule has 8 heteroatoms. The molecule has 0 aliphatic heterocycles. The molecule has 0 radical (unpaired) electrons. The summed E-state index contributed by atoms with van der Waals surface area (Å²) < 4.78 is 0. The molecule has 0 heterocycles. The Kier molecular flexibility index (Phi) is 6.10. The van der Waals surface area contributed by atoms with Gasteiger partial charge in [-0.1, -0.05) is 41.4 Å². The van der Waals surface area contributed by atoms with Gasteiger partial charge in [-0.2, -0.15) is 0 Å².